The van der Waals surface area contributed by atoms with Gasteiger partial charge in [0.1, 0.15) is 0 Å². The Hall–Kier alpha value is -0.0800. The molecule has 2 fully saturated rings. The first-order valence-electron chi connectivity index (χ1n) is 6.57. The summed E-state index contributed by atoms with van der Waals surface area (Å²) in [4.78, 5) is 2.54. The molecule has 1 aliphatic heterocycles. The number of hydrogen-bond donors (Lipinski definition) is 1. The van der Waals surface area contributed by atoms with Gasteiger partial charge in [0, 0.05) is 18.6 Å². The molecule has 1 saturated carbocycles. The topological polar surface area (TPSA) is 23.5 Å². The van der Waals surface area contributed by atoms with Crippen molar-refractivity contribution in [1.82, 2.24) is 4.90 Å². The van der Waals surface area contributed by atoms with Crippen LogP contribution in [0.15, 0.2) is 0 Å². The third-order valence-corrected chi connectivity index (χ3v) is 3.73. The van der Waals surface area contributed by atoms with Crippen LogP contribution in [0.4, 0.5) is 0 Å². The monoisotopic (exact) mass is 213 g/mol. The highest BCUT2D eigenvalue weighted by molar-refractivity contribution is 4.95. The van der Waals surface area contributed by atoms with Gasteiger partial charge >= 0.3 is 0 Å². The molecule has 2 heteroatoms. The van der Waals surface area contributed by atoms with Gasteiger partial charge in [-0.3, -0.25) is 0 Å². The van der Waals surface area contributed by atoms with Crippen LogP contribution in [-0.4, -0.2) is 36.2 Å². The average Bonchev–Trinajstić information content (AvgIpc) is 3.05. The van der Waals surface area contributed by atoms with E-state index in [0.717, 1.165) is 12.5 Å². The van der Waals surface area contributed by atoms with Crippen molar-refractivity contribution in [3.05, 3.63) is 0 Å². The molecule has 1 aliphatic carbocycles. The second-order valence-corrected chi connectivity index (χ2v) is 5.12. The fourth-order valence-electron chi connectivity index (χ4n) is 2.24. The van der Waals surface area contributed by atoms with Gasteiger partial charge in [-0.15, -0.1) is 0 Å². The smallest absolute Gasteiger partial charge is 0.0499 e. The van der Waals surface area contributed by atoms with E-state index >= 15 is 0 Å². The van der Waals surface area contributed by atoms with Crippen LogP contribution in [0.2, 0.25) is 0 Å². The lowest BCUT2D eigenvalue weighted by molar-refractivity contribution is 0.120. The number of piperidine rings is 1. The van der Waals surface area contributed by atoms with Crippen molar-refractivity contribution < 1.29 is 5.11 Å². The molecule has 0 bridgehead atoms. The van der Waals surface area contributed by atoms with Crippen molar-refractivity contribution >= 4 is 0 Å². The SMILES string of the molecule is CC.CC1CCN(CC2(CO)CC2)CC1. The van der Waals surface area contributed by atoms with Crippen LogP contribution in [0.5, 0.6) is 0 Å². The molecule has 0 radical (unpaired) electrons. The van der Waals surface area contributed by atoms with Gasteiger partial charge in [0.05, 0.1) is 0 Å². The van der Waals surface area contributed by atoms with E-state index in [2.05, 4.69) is 11.8 Å². The first-order valence-corrected chi connectivity index (χ1v) is 6.57. The first-order chi connectivity index (χ1) is 7.24. The Kier molecular flexibility index (Phi) is 5.07. The lowest BCUT2D eigenvalue weighted by Gasteiger charge is -2.32. The summed E-state index contributed by atoms with van der Waals surface area (Å²) in [5, 5.41) is 9.21. The molecule has 0 atom stereocenters. The van der Waals surface area contributed by atoms with Crippen LogP contribution in [0.25, 0.3) is 0 Å². The third-order valence-electron chi connectivity index (χ3n) is 3.73. The lowest BCUT2D eigenvalue weighted by atomic mass is 9.97. The number of hydrogen-bond acceptors (Lipinski definition) is 2. The Labute approximate surface area is 94.7 Å². The second kappa shape index (κ2) is 5.86. The molecule has 0 amide bonds. The van der Waals surface area contributed by atoms with E-state index in [1.807, 2.05) is 13.8 Å². The molecule has 0 unspecified atom stereocenters. The maximum atomic E-state index is 9.21. The van der Waals surface area contributed by atoms with Gasteiger partial charge in [-0.1, -0.05) is 20.8 Å². The number of rotatable bonds is 3. The number of likely N-dealkylation sites (tertiary alicyclic amines) is 1. The molecule has 2 nitrogen and oxygen atoms in total. The zero-order valence-electron chi connectivity index (χ0n) is 10.6. The molecular formula is C13H27NO. The Balaban J connectivity index is 0.000000531. The van der Waals surface area contributed by atoms with Crippen molar-refractivity contribution in [2.24, 2.45) is 11.3 Å². The predicted molar refractivity (Wildman–Crippen MR) is 64.9 cm³/mol. The molecule has 2 rings (SSSR count). The fourth-order valence-corrected chi connectivity index (χ4v) is 2.24. The number of aliphatic hydroxyl groups is 1. The number of aliphatic hydroxyl groups excluding tert-OH is 1. The molecule has 1 N–H and O–H groups in total. The maximum Gasteiger partial charge on any atom is 0.0499 e. The molecular weight excluding hydrogens is 186 g/mol. The Morgan fingerprint density at radius 2 is 1.73 bits per heavy atom. The van der Waals surface area contributed by atoms with Crippen molar-refractivity contribution in [3.8, 4) is 0 Å². The van der Waals surface area contributed by atoms with Gasteiger partial charge in [0.25, 0.3) is 0 Å². The minimum atomic E-state index is 0.320. The summed E-state index contributed by atoms with van der Waals surface area (Å²) in [5.74, 6) is 0.917. The summed E-state index contributed by atoms with van der Waals surface area (Å²) in [6.07, 6.45) is 5.19. The summed E-state index contributed by atoms with van der Waals surface area (Å²) < 4.78 is 0. The molecule has 0 aromatic rings. The van der Waals surface area contributed by atoms with Gasteiger partial charge in [-0.2, -0.15) is 0 Å². The summed E-state index contributed by atoms with van der Waals surface area (Å²) in [5.41, 5.74) is 0.320. The zero-order valence-corrected chi connectivity index (χ0v) is 10.6. The molecule has 0 spiro atoms. The summed E-state index contributed by atoms with van der Waals surface area (Å²) in [6, 6.07) is 0. The summed E-state index contributed by atoms with van der Waals surface area (Å²) >= 11 is 0. The minimum absolute atomic E-state index is 0.320. The van der Waals surface area contributed by atoms with Crippen molar-refractivity contribution in [2.45, 2.75) is 46.5 Å². The van der Waals surface area contributed by atoms with Gasteiger partial charge in [0.2, 0.25) is 0 Å². The highest BCUT2D eigenvalue weighted by atomic mass is 16.3. The predicted octanol–water partition coefficient (Wildman–Crippen LogP) is 2.52. The largest absolute Gasteiger partial charge is 0.396 e. The molecule has 0 aromatic carbocycles. The van der Waals surface area contributed by atoms with E-state index in [4.69, 9.17) is 0 Å². The average molecular weight is 213 g/mol. The van der Waals surface area contributed by atoms with E-state index in [0.29, 0.717) is 12.0 Å². The maximum absolute atomic E-state index is 9.21. The van der Waals surface area contributed by atoms with Gasteiger partial charge in [-0.25, -0.2) is 0 Å². The highest BCUT2D eigenvalue weighted by Crippen LogP contribution is 2.45. The molecule has 0 aromatic heterocycles. The Morgan fingerprint density at radius 1 is 1.20 bits per heavy atom. The Morgan fingerprint density at radius 3 is 2.13 bits per heavy atom. The molecule has 1 heterocycles. The summed E-state index contributed by atoms with van der Waals surface area (Å²) in [6.45, 7) is 10.4. The van der Waals surface area contributed by atoms with Gasteiger partial charge < -0.3 is 10.0 Å². The lowest BCUT2D eigenvalue weighted by Crippen LogP contribution is -2.38. The molecule has 15 heavy (non-hydrogen) atoms. The van der Waals surface area contributed by atoms with E-state index in [9.17, 15) is 5.11 Å². The molecule has 2 aliphatic rings. The van der Waals surface area contributed by atoms with Crippen molar-refractivity contribution in [3.63, 3.8) is 0 Å². The minimum Gasteiger partial charge on any atom is -0.396 e. The summed E-state index contributed by atoms with van der Waals surface area (Å²) in [7, 11) is 0. The second-order valence-electron chi connectivity index (χ2n) is 5.12. The molecule has 90 valence electrons. The van der Waals surface area contributed by atoms with Crippen LogP contribution in [0.1, 0.15) is 46.5 Å². The first kappa shape index (κ1) is 13.0. The van der Waals surface area contributed by atoms with Crippen molar-refractivity contribution in [1.29, 1.82) is 0 Å². The van der Waals surface area contributed by atoms with Crippen LogP contribution in [0.3, 0.4) is 0 Å². The highest BCUT2D eigenvalue weighted by Gasteiger charge is 2.43. The van der Waals surface area contributed by atoms with Crippen LogP contribution >= 0.6 is 0 Å². The van der Waals surface area contributed by atoms with E-state index < -0.39 is 0 Å². The van der Waals surface area contributed by atoms with Crippen molar-refractivity contribution in [2.75, 3.05) is 26.2 Å². The Bertz CT molecular complexity index is 169. The van der Waals surface area contributed by atoms with Crippen LogP contribution in [-0.2, 0) is 0 Å². The third kappa shape index (κ3) is 3.76. The quantitative estimate of drug-likeness (QED) is 0.778. The molecule has 1 saturated heterocycles. The fraction of sp³-hybridized carbons (Fsp3) is 1.00. The zero-order chi connectivity index (χ0) is 11.3. The van der Waals surface area contributed by atoms with E-state index in [1.165, 1.54) is 38.8 Å². The number of nitrogens with zero attached hydrogens (tertiary/aromatic N) is 1. The normalized spacial score (nSPS) is 25.6. The van der Waals surface area contributed by atoms with E-state index in [-0.39, 0.29) is 0 Å². The van der Waals surface area contributed by atoms with Crippen LogP contribution in [0, 0.1) is 11.3 Å². The van der Waals surface area contributed by atoms with E-state index in [1.54, 1.807) is 0 Å². The van der Waals surface area contributed by atoms with Gasteiger partial charge in [0.15, 0.2) is 0 Å². The van der Waals surface area contributed by atoms with Gasteiger partial charge in [-0.05, 0) is 44.7 Å². The standard InChI is InChI=1S/C11H21NO.C2H6/c1-10-2-6-12(7-3-10)8-11(9-13)4-5-11;1-2/h10,13H,2-9H2,1H3;1-2H3. The van der Waals surface area contributed by atoms with Crippen LogP contribution < -0.4 is 0 Å².